The Morgan fingerprint density at radius 2 is 1.96 bits per heavy atom. The van der Waals surface area contributed by atoms with Crippen molar-refractivity contribution in [1.82, 2.24) is 4.98 Å². The van der Waals surface area contributed by atoms with Crippen LogP contribution in [0.5, 0.6) is 5.88 Å². The number of nitrogens with zero attached hydrogens (tertiary/aromatic N) is 2. The van der Waals surface area contributed by atoms with E-state index in [1.165, 1.54) is 11.1 Å². The molecule has 1 atom stereocenters. The van der Waals surface area contributed by atoms with Gasteiger partial charge in [0.15, 0.2) is 0 Å². The highest BCUT2D eigenvalue weighted by molar-refractivity contribution is 5.71. The van der Waals surface area contributed by atoms with E-state index in [-0.39, 0.29) is 12.7 Å². The highest BCUT2D eigenvalue weighted by Crippen LogP contribution is 2.31. The van der Waals surface area contributed by atoms with Crippen molar-refractivity contribution in [2.75, 3.05) is 18.0 Å². The van der Waals surface area contributed by atoms with E-state index in [2.05, 4.69) is 53.2 Å². The van der Waals surface area contributed by atoms with Crippen molar-refractivity contribution in [2.45, 2.75) is 33.0 Å². The van der Waals surface area contributed by atoms with Crippen molar-refractivity contribution in [2.24, 2.45) is 0 Å². The van der Waals surface area contributed by atoms with Gasteiger partial charge in [-0.15, -0.1) is 0 Å². The van der Waals surface area contributed by atoms with E-state index in [1.807, 2.05) is 31.3 Å². The summed E-state index contributed by atoms with van der Waals surface area (Å²) < 4.78 is 6.05. The predicted molar refractivity (Wildman–Crippen MR) is 113 cm³/mol. The van der Waals surface area contributed by atoms with Gasteiger partial charge in [0.2, 0.25) is 5.88 Å². The average molecular weight is 374 g/mol. The molecule has 0 radical (unpaired) electrons. The summed E-state index contributed by atoms with van der Waals surface area (Å²) in [5, 5.41) is 9.98. The van der Waals surface area contributed by atoms with Crippen LogP contribution >= 0.6 is 0 Å². The van der Waals surface area contributed by atoms with E-state index in [0.29, 0.717) is 5.88 Å². The summed E-state index contributed by atoms with van der Waals surface area (Å²) in [6, 6.07) is 18.7. The molecule has 4 rings (SSSR count). The Balaban J connectivity index is 1.51. The van der Waals surface area contributed by atoms with Crippen LogP contribution < -0.4 is 9.64 Å². The van der Waals surface area contributed by atoms with Crippen molar-refractivity contribution >= 4 is 5.69 Å². The fraction of sp³-hybridized carbons (Fsp3) is 0.292. The lowest BCUT2D eigenvalue weighted by Crippen LogP contribution is -2.25. The summed E-state index contributed by atoms with van der Waals surface area (Å²) in [5.41, 5.74) is 6.75. The van der Waals surface area contributed by atoms with Gasteiger partial charge in [-0.05, 0) is 48.2 Å². The molecule has 1 fully saturated rings. The third-order valence-electron chi connectivity index (χ3n) is 5.36. The lowest BCUT2D eigenvalue weighted by molar-refractivity contribution is 0.215. The SMILES string of the molecule is Cc1ccc(O[C@H]2CCN(c3ccc(-c4ccccc4C)cc3CO)C2)nc1. The maximum absolute atomic E-state index is 9.98. The normalized spacial score (nSPS) is 16.4. The second-order valence-electron chi connectivity index (χ2n) is 7.46. The minimum absolute atomic E-state index is 0.0244. The molecule has 4 heteroatoms. The van der Waals surface area contributed by atoms with E-state index in [0.717, 1.165) is 41.9 Å². The van der Waals surface area contributed by atoms with E-state index in [9.17, 15) is 5.11 Å². The van der Waals surface area contributed by atoms with E-state index in [4.69, 9.17) is 4.74 Å². The van der Waals surface area contributed by atoms with Crippen LogP contribution in [0.15, 0.2) is 60.8 Å². The molecule has 0 unspecified atom stereocenters. The second-order valence-corrected chi connectivity index (χ2v) is 7.46. The Morgan fingerprint density at radius 1 is 1.11 bits per heavy atom. The zero-order valence-electron chi connectivity index (χ0n) is 16.4. The number of rotatable bonds is 5. The molecule has 4 nitrogen and oxygen atoms in total. The van der Waals surface area contributed by atoms with Gasteiger partial charge in [-0.3, -0.25) is 0 Å². The third-order valence-corrected chi connectivity index (χ3v) is 5.36. The molecule has 0 bridgehead atoms. The molecule has 1 aromatic heterocycles. The van der Waals surface area contributed by atoms with Gasteiger partial charge < -0.3 is 14.7 Å². The first-order valence-corrected chi connectivity index (χ1v) is 9.78. The molecule has 3 aromatic rings. The molecule has 1 aliphatic rings. The van der Waals surface area contributed by atoms with Gasteiger partial charge in [-0.25, -0.2) is 4.98 Å². The molecular formula is C24H26N2O2. The number of benzene rings is 2. The number of aliphatic hydroxyl groups is 1. The van der Waals surface area contributed by atoms with Crippen molar-refractivity contribution in [3.8, 4) is 17.0 Å². The van der Waals surface area contributed by atoms with Crippen molar-refractivity contribution in [3.63, 3.8) is 0 Å². The first kappa shape index (κ1) is 18.5. The lowest BCUT2D eigenvalue weighted by atomic mass is 9.98. The summed E-state index contributed by atoms with van der Waals surface area (Å²) in [6.07, 6.45) is 2.88. The van der Waals surface area contributed by atoms with Gasteiger partial charge in [0.25, 0.3) is 0 Å². The maximum Gasteiger partial charge on any atom is 0.213 e. The minimum atomic E-state index is 0.0244. The fourth-order valence-corrected chi connectivity index (χ4v) is 3.82. The fourth-order valence-electron chi connectivity index (χ4n) is 3.82. The number of hydrogen-bond acceptors (Lipinski definition) is 4. The zero-order valence-corrected chi connectivity index (χ0v) is 16.4. The Morgan fingerprint density at radius 3 is 2.71 bits per heavy atom. The van der Waals surface area contributed by atoms with Gasteiger partial charge in [0.05, 0.1) is 13.2 Å². The monoisotopic (exact) mass is 374 g/mol. The Bertz CT molecular complexity index is 953. The highest BCUT2D eigenvalue weighted by Gasteiger charge is 2.26. The lowest BCUT2D eigenvalue weighted by Gasteiger charge is -2.22. The number of aryl methyl sites for hydroxylation is 2. The first-order valence-electron chi connectivity index (χ1n) is 9.78. The second kappa shape index (κ2) is 8.03. The van der Waals surface area contributed by atoms with Gasteiger partial charge in [-0.2, -0.15) is 0 Å². The third kappa shape index (κ3) is 3.87. The topological polar surface area (TPSA) is 45.6 Å². The van der Waals surface area contributed by atoms with Crippen LogP contribution in [0, 0.1) is 13.8 Å². The van der Waals surface area contributed by atoms with Crippen LogP contribution in [-0.4, -0.2) is 29.3 Å². The Kier molecular flexibility index (Phi) is 5.31. The molecule has 0 aliphatic carbocycles. The summed E-state index contributed by atoms with van der Waals surface area (Å²) in [7, 11) is 0. The van der Waals surface area contributed by atoms with E-state index < -0.39 is 0 Å². The maximum atomic E-state index is 9.98. The predicted octanol–water partition coefficient (Wildman–Crippen LogP) is 4.52. The molecule has 2 heterocycles. The molecular weight excluding hydrogens is 348 g/mol. The largest absolute Gasteiger partial charge is 0.472 e. The molecule has 2 aromatic carbocycles. The standard InChI is InChI=1S/C24H26N2O2/c1-17-7-10-24(25-14-17)28-21-11-12-26(15-21)23-9-8-19(13-20(23)16-27)22-6-4-3-5-18(22)2/h3-10,13-14,21,27H,11-12,15-16H2,1-2H3/t21-/m0/s1. The van der Waals surface area contributed by atoms with Gasteiger partial charge in [-0.1, -0.05) is 36.4 Å². The molecule has 1 saturated heterocycles. The number of aliphatic hydroxyl groups excluding tert-OH is 1. The number of hydrogen-bond donors (Lipinski definition) is 1. The van der Waals surface area contributed by atoms with Crippen LogP contribution in [0.2, 0.25) is 0 Å². The molecule has 28 heavy (non-hydrogen) atoms. The first-order chi connectivity index (χ1) is 13.6. The van der Waals surface area contributed by atoms with Crippen LogP contribution in [0.3, 0.4) is 0 Å². The van der Waals surface area contributed by atoms with E-state index >= 15 is 0 Å². The Labute approximate surface area is 166 Å². The number of pyridine rings is 1. The zero-order chi connectivity index (χ0) is 19.5. The van der Waals surface area contributed by atoms with Gasteiger partial charge in [0.1, 0.15) is 6.10 Å². The highest BCUT2D eigenvalue weighted by atomic mass is 16.5. The molecule has 0 amide bonds. The van der Waals surface area contributed by atoms with Gasteiger partial charge >= 0.3 is 0 Å². The smallest absolute Gasteiger partial charge is 0.213 e. The van der Waals surface area contributed by atoms with Crippen LogP contribution in [0.25, 0.3) is 11.1 Å². The van der Waals surface area contributed by atoms with Crippen LogP contribution in [0.1, 0.15) is 23.1 Å². The number of aromatic nitrogens is 1. The quantitative estimate of drug-likeness (QED) is 0.713. The van der Waals surface area contributed by atoms with E-state index in [1.54, 1.807) is 0 Å². The van der Waals surface area contributed by atoms with Crippen LogP contribution in [0.4, 0.5) is 5.69 Å². The summed E-state index contributed by atoms with van der Waals surface area (Å²) >= 11 is 0. The molecule has 0 spiro atoms. The average Bonchev–Trinajstić information content (AvgIpc) is 3.18. The molecule has 0 saturated carbocycles. The molecule has 144 valence electrons. The number of ether oxygens (including phenoxy) is 1. The summed E-state index contributed by atoms with van der Waals surface area (Å²) in [6.45, 7) is 5.87. The summed E-state index contributed by atoms with van der Waals surface area (Å²) in [4.78, 5) is 6.64. The minimum Gasteiger partial charge on any atom is -0.472 e. The van der Waals surface area contributed by atoms with Crippen molar-refractivity contribution in [1.29, 1.82) is 0 Å². The van der Waals surface area contributed by atoms with Crippen molar-refractivity contribution in [3.05, 3.63) is 77.5 Å². The molecule has 1 aliphatic heterocycles. The van der Waals surface area contributed by atoms with Crippen molar-refractivity contribution < 1.29 is 9.84 Å². The molecule has 1 N–H and O–H groups in total. The van der Waals surface area contributed by atoms with Gasteiger partial charge in [0, 0.05) is 36.5 Å². The van der Waals surface area contributed by atoms with Crippen LogP contribution in [-0.2, 0) is 6.61 Å². The summed E-state index contributed by atoms with van der Waals surface area (Å²) in [5.74, 6) is 0.676. The number of anilines is 1. The Hall–Kier alpha value is -2.85.